The number of rotatable bonds is 14. The molecule has 0 N–H and O–H groups in total. The van der Waals surface area contributed by atoms with Crippen LogP contribution in [0.3, 0.4) is 0 Å². The van der Waals surface area contributed by atoms with Crippen LogP contribution in [0.5, 0.6) is 11.5 Å². The van der Waals surface area contributed by atoms with Crippen molar-refractivity contribution in [2.45, 2.75) is 71.0 Å². The van der Waals surface area contributed by atoms with Crippen LogP contribution < -0.4 is 14.4 Å². The lowest BCUT2D eigenvalue weighted by molar-refractivity contribution is -0.165. The third kappa shape index (κ3) is 7.71. The Balaban J connectivity index is 1.42. The van der Waals surface area contributed by atoms with Gasteiger partial charge in [-0.1, -0.05) is 32.1 Å². The molecule has 2 aromatic rings. The SMILES string of the molecule is C=CCN(C(=O)/C(=C/CC)Oc1ccc(C2CC2)cc1)c1ccc(OCCOC2CCCCO2)c(CC)c1. The normalized spacial score (nSPS) is 17.6. The van der Waals surface area contributed by atoms with E-state index in [1.165, 1.54) is 18.4 Å². The Hall–Kier alpha value is -3.09. The third-order valence-corrected chi connectivity index (χ3v) is 6.83. The molecular formula is C32H41NO5. The zero-order valence-electron chi connectivity index (χ0n) is 22.8. The number of amides is 1. The van der Waals surface area contributed by atoms with Gasteiger partial charge in [0.15, 0.2) is 12.0 Å². The van der Waals surface area contributed by atoms with E-state index in [-0.39, 0.29) is 12.2 Å². The highest BCUT2D eigenvalue weighted by molar-refractivity contribution is 6.04. The molecule has 1 aliphatic carbocycles. The summed E-state index contributed by atoms with van der Waals surface area (Å²) in [6.45, 7) is 9.99. The molecule has 204 valence electrons. The summed E-state index contributed by atoms with van der Waals surface area (Å²) in [6.07, 6.45) is 10.6. The largest absolute Gasteiger partial charge is 0.491 e. The van der Waals surface area contributed by atoms with Crippen molar-refractivity contribution in [3.8, 4) is 11.5 Å². The molecule has 2 fully saturated rings. The molecule has 2 aromatic carbocycles. The molecule has 38 heavy (non-hydrogen) atoms. The number of hydrogen-bond donors (Lipinski definition) is 0. The summed E-state index contributed by atoms with van der Waals surface area (Å²) in [6, 6.07) is 14.0. The van der Waals surface area contributed by atoms with Crippen LogP contribution >= 0.6 is 0 Å². The van der Waals surface area contributed by atoms with Crippen molar-refractivity contribution in [1.82, 2.24) is 0 Å². The Morgan fingerprint density at radius 3 is 2.55 bits per heavy atom. The van der Waals surface area contributed by atoms with Crippen molar-refractivity contribution in [3.05, 3.63) is 78.1 Å². The van der Waals surface area contributed by atoms with Gasteiger partial charge in [-0.25, -0.2) is 0 Å². The van der Waals surface area contributed by atoms with Crippen LogP contribution in [0.15, 0.2) is 67.0 Å². The summed E-state index contributed by atoms with van der Waals surface area (Å²) in [7, 11) is 0. The number of nitrogens with zero attached hydrogens (tertiary/aromatic N) is 1. The van der Waals surface area contributed by atoms with Crippen LogP contribution in [-0.4, -0.2) is 38.6 Å². The smallest absolute Gasteiger partial charge is 0.293 e. The van der Waals surface area contributed by atoms with Gasteiger partial charge in [-0.05, 0) is 98.4 Å². The van der Waals surface area contributed by atoms with Gasteiger partial charge in [0.2, 0.25) is 0 Å². The molecule has 1 amide bonds. The number of carbonyl (C=O) groups excluding carboxylic acids is 1. The topological polar surface area (TPSA) is 57.2 Å². The van der Waals surface area contributed by atoms with Crippen LogP contribution in [0.2, 0.25) is 0 Å². The Labute approximate surface area is 227 Å². The number of allylic oxidation sites excluding steroid dienone is 1. The fourth-order valence-corrected chi connectivity index (χ4v) is 4.60. The van der Waals surface area contributed by atoms with E-state index in [1.54, 1.807) is 11.0 Å². The lowest BCUT2D eigenvalue weighted by Crippen LogP contribution is -2.34. The molecule has 1 saturated carbocycles. The van der Waals surface area contributed by atoms with E-state index >= 15 is 0 Å². The number of anilines is 1. The van der Waals surface area contributed by atoms with Crippen molar-refractivity contribution >= 4 is 11.6 Å². The zero-order valence-corrected chi connectivity index (χ0v) is 22.8. The molecule has 0 radical (unpaired) electrons. The number of benzene rings is 2. The molecule has 0 spiro atoms. The summed E-state index contributed by atoms with van der Waals surface area (Å²) in [4.78, 5) is 15.4. The highest BCUT2D eigenvalue weighted by Crippen LogP contribution is 2.40. The molecule has 2 aliphatic rings. The van der Waals surface area contributed by atoms with Gasteiger partial charge in [0.25, 0.3) is 5.91 Å². The van der Waals surface area contributed by atoms with Gasteiger partial charge in [-0.15, -0.1) is 6.58 Å². The van der Waals surface area contributed by atoms with Gasteiger partial charge >= 0.3 is 0 Å². The zero-order chi connectivity index (χ0) is 26.7. The number of aryl methyl sites for hydroxylation is 1. The Morgan fingerprint density at radius 1 is 1.08 bits per heavy atom. The van der Waals surface area contributed by atoms with Gasteiger partial charge in [-0.3, -0.25) is 4.79 Å². The Bertz CT molecular complexity index is 1080. The average molecular weight is 520 g/mol. The minimum atomic E-state index is -0.199. The van der Waals surface area contributed by atoms with Crippen molar-refractivity contribution in [3.63, 3.8) is 0 Å². The van der Waals surface area contributed by atoms with E-state index in [0.29, 0.717) is 43.6 Å². The second-order valence-corrected chi connectivity index (χ2v) is 9.79. The van der Waals surface area contributed by atoms with Crippen molar-refractivity contribution < 1.29 is 23.7 Å². The standard InChI is InChI=1S/C32H41NO5/c1-4-9-30(38-28-16-13-26(14-17-28)25-11-12-25)32(34)33(19-5-2)27-15-18-29(24(6-3)23-27)35-21-22-37-31-10-7-8-20-36-31/h5,9,13-18,23,25,31H,2,4,6-8,10-12,19-22H2,1,3H3/b30-9-. The molecule has 0 aromatic heterocycles. The van der Waals surface area contributed by atoms with Crippen molar-refractivity contribution in [1.29, 1.82) is 0 Å². The van der Waals surface area contributed by atoms with Crippen LogP contribution in [0, 0.1) is 0 Å². The van der Waals surface area contributed by atoms with E-state index in [4.69, 9.17) is 18.9 Å². The predicted molar refractivity (Wildman–Crippen MR) is 151 cm³/mol. The first-order valence-corrected chi connectivity index (χ1v) is 14.0. The third-order valence-electron chi connectivity index (χ3n) is 6.83. The second-order valence-electron chi connectivity index (χ2n) is 9.79. The monoisotopic (exact) mass is 519 g/mol. The molecule has 4 rings (SSSR count). The Morgan fingerprint density at radius 2 is 1.89 bits per heavy atom. The van der Waals surface area contributed by atoms with Gasteiger partial charge in [0.05, 0.1) is 6.61 Å². The minimum Gasteiger partial charge on any atom is -0.491 e. The average Bonchev–Trinajstić information content (AvgIpc) is 3.80. The van der Waals surface area contributed by atoms with Gasteiger partial charge in [0.1, 0.15) is 18.1 Å². The van der Waals surface area contributed by atoms with Gasteiger partial charge < -0.3 is 23.8 Å². The number of carbonyl (C=O) groups is 1. The van der Waals surface area contributed by atoms with E-state index in [2.05, 4.69) is 25.6 Å². The summed E-state index contributed by atoms with van der Waals surface area (Å²) in [5, 5.41) is 0. The van der Waals surface area contributed by atoms with Crippen molar-refractivity contribution in [2.24, 2.45) is 0 Å². The summed E-state index contributed by atoms with van der Waals surface area (Å²) < 4.78 is 23.5. The fourth-order valence-electron chi connectivity index (χ4n) is 4.60. The molecule has 1 unspecified atom stereocenters. The van der Waals surface area contributed by atoms with E-state index in [0.717, 1.165) is 49.3 Å². The maximum absolute atomic E-state index is 13.7. The molecule has 1 aliphatic heterocycles. The van der Waals surface area contributed by atoms with Gasteiger partial charge in [-0.2, -0.15) is 0 Å². The minimum absolute atomic E-state index is 0.123. The molecule has 1 heterocycles. The molecule has 1 atom stereocenters. The first-order valence-electron chi connectivity index (χ1n) is 14.0. The summed E-state index contributed by atoms with van der Waals surface area (Å²) in [5.74, 6) is 2.26. The number of ether oxygens (including phenoxy) is 4. The van der Waals surface area contributed by atoms with Crippen LogP contribution in [0.25, 0.3) is 0 Å². The van der Waals surface area contributed by atoms with Crippen LogP contribution in [0.4, 0.5) is 5.69 Å². The van der Waals surface area contributed by atoms with Gasteiger partial charge in [0, 0.05) is 18.8 Å². The first-order chi connectivity index (χ1) is 18.6. The molecule has 6 heteroatoms. The quantitative estimate of drug-likeness (QED) is 0.117. The molecule has 6 nitrogen and oxygen atoms in total. The summed E-state index contributed by atoms with van der Waals surface area (Å²) in [5.41, 5.74) is 3.14. The summed E-state index contributed by atoms with van der Waals surface area (Å²) >= 11 is 0. The second kappa shape index (κ2) is 14.2. The highest BCUT2D eigenvalue weighted by atomic mass is 16.7. The predicted octanol–water partition coefficient (Wildman–Crippen LogP) is 6.94. The van der Waals surface area contributed by atoms with E-state index in [9.17, 15) is 4.79 Å². The Kier molecular flexibility index (Phi) is 10.4. The lowest BCUT2D eigenvalue weighted by atomic mass is 10.1. The molecule has 0 bridgehead atoms. The number of hydrogen-bond acceptors (Lipinski definition) is 5. The highest BCUT2D eigenvalue weighted by Gasteiger charge is 2.24. The van der Waals surface area contributed by atoms with Crippen LogP contribution in [-0.2, 0) is 20.7 Å². The van der Waals surface area contributed by atoms with E-state index < -0.39 is 0 Å². The van der Waals surface area contributed by atoms with Crippen molar-refractivity contribution in [2.75, 3.05) is 31.3 Å². The lowest BCUT2D eigenvalue weighted by Gasteiger charge is -2.24. The van der Waals surface area contributed by atoms with E-state index in [1.807, 2.05) is 43.3 Å². The van der Waals surface area contributed by atoms with Crippen LogP contribution in [0.1, 0.15) is 69.4 Å². The maximum Gasteiger partial charge on any atom is 0.293 e. The molecule has 1 saturated heterocycles. The first kappa shape index (κ1) is 27.9. The molecular weight excluding hydrogens is 478 g/mol. The fraction of sp³-hybridized carbons (Fsp3) is 0.469. The maximum atomic E-state index is 13.7.